The first-order chi connectivity index (χ1) is 7.34. The van der Waals surface area contributed by atoms with Crippen LogP contribution in [-0.4, -0.2) is 22.8 Å². The standard InChI is InChI=1S/C13H22O3/c1-9(2)12(15)16-13(3,4)10-7-5-6-8-11(10)14/h10,12,15H,1,5-8H2,2-4H3. The highest BCUT2D eigenvalue weighted by atomic mass is 16.6. The number of carbonyl (C=O) groups excluding carboxylic acids is 1. The number of hydrogen-bond donors (Lipinski definition) is 1. The van der Waals surface area contributed by atoms with Crippen molar-refractivity contribution >= 4 is 5.78 Å². The molecule has 0 radical (unpaired) electrons. The van der Waals surface area contributed by atoms with Gasteiger partial charge in [0.15, 0.2) is 6.29 Å². The van der Waals surface area contributed by atoms with E-state index in [9.17, 15) is 9.90 Å². The number of carbonyl (C=O) groups is 1. The molecule has 1 aliphatic carbocycles. The van der Waals surface area contributed by atoms with E-state index in [-0.39, 0.29) is 11.7 Å². The van der Waals surface area contributed by atoms with E-state index in [2.05, 4.69) is 6.58 Å². The van der Waals surface area contributed by atoms with Gasteiger partial charge in [-0.3, -0.25) is 4.79 Å². The summed E-state index contributed by atoms with van der Waals surface area (Å²) < 4.78 is 5.54. The molecule has 1 saturated carbocycles. The zero-order valence-electron chi connectivity index (χ0n) is 10.5. The fourth-order valence-electron chi connectivity index (χ4n) is 2.19. The first kappa shape index (κ1) is 13.4. The highest BCUT2D eigenvalue weighted by Gasteiger charge is 2.38. The molecule has 2 atom stereocenters. The lowest BCUT2D eigenvalue weighted by Crippen LogP contribution is -2.43. The van der Waals surface area contributed by atoms with Crippen molar-refractivity contribution in [2.45, 2.75) is 58.3 Å². The lowest BCUT2D eigenvalue weighted by molar-refractivity contribution is -0.180. The van der Waals surface area contributed by atoms with E-state index in [0.29, 0.717) is 12.0 Å². The Morgan fingerprint density at radius 1 is 1.56 bits per heavy atom. The fraction of sp³-hybridized carbons (Fsp3) is 0.769. The molecule has 0 aliphatic heterocycles. The van der Waals surface area contributed by atoms with Gasteiger partial charge in [-0.1, -0.05) is 13.0 Å². The Morgan fingerprint density at radius 2 is 2.19 bits per heavy atom. The second kappa shape index (κ2) is 5.11. The molecule has 0 heterocycles. The first-order valence-corrected chi connectivity index (χ1v) is 5.88. The van der Waals surface area contributed by atoms with Gasteiger partial charge in [0.1, 0.15) is 5.78 Å². The van der Waals surface area contributed by atoms with Gasteiger partial charge in [0.2, 0.25) is 0 Å². The Labute approximate surface area is 97.5 Å². The van der Waals surface area contributed by atoms with Gasteiger partial charge in [-0.2, -0.15) is 0 Å². The summed E-state index contributed by atoms with van der Waals surface area (Å²) in [6.07, 6.45) is 2.56. The number of rotatable bonds is 4. The number of ketones is 1. The number of Topliss-reactive ketones (excluding diaryl/α,β-unsaturated/α-hetero) is 1. The van der Waals surface area contributed by atoms with Crippen molar-refractivity contribution in [3.8, 4) is 0 Å². The van der Waals surface area contributed by atoms with Gasteiger partial charge in [0.05, 0.1) is 5.60 Å². The second-order valence-corrected chi connectivity index (χ2v) is 5.18. The minimum absolute atomic E-state index is 0.102. The predicted octanol–water partition coefficient (Wildman–Crippen LogP) is 2.44. The normalized spacial score (nSPS) is 24.2. The molecule has 1 aliphatic rings. The number of aliphatic hydroxyl groups is 1. The van der Waals surface area contributed by atoms with E-state index in [1.165, 1.54) is 0 Å². The molecule has 2 unspecified atom stereocenters. The van der Waals surface area contributed by atoms with Crippen LogP contribution in [0.1, 0.15) is 46.5 Å². The maximum Gasteiger partial charge on any atom is 0.177 e. The monoisotopic (exact) mass is 226 g/mol. The van der Waals surface area contributed by atoms with Gasteiger partial charge in [-0.25, -0.2) is 0 Å². The molecule has 0 aromatic rings. The Hall–Kier alpha value is -0.670. The van der Waals surface area contributed by atoms with Crippen molar-refractivity contribution in [3.63, 3.8) is 0 Å². The van der Waals surface area contributed by atoms with Crippen LogP contribution >= 0.6 is 0 Å². The summed E-state index contributed by atoms with van der Waals surface area (Å²) in [4.78, 5) is 11.8. The van der Waals surface area contributed by atoms with Gasteiger partial charge in [-0.05, 0) is 39.2 Å². The molecule has 0 saturated heterocycles. The summed E-state index contributed by atoms with van der Waals surface area (Å²) in [7, 11) is 0. The van der Waals surface area contributed by atoms with Gasteiger partial charge < -0.3 is 9.84 Å². The van der Waals surface area contributed by atoms with Crippen molar-refractivity contribution < 1.29 is 14.6 Å². The second-order valence-electron chi connectivity index (χ2n) is 5.18. The molecule has 3 heteroatoms. The molecule has 16 heavy (non-hydrogen) atoms. The van der Waals surface area contributed by atoms with E-state index < -0.39 is 11.9 Å². The van der Waals surface area contributed by atoms with E-state index in [1.54, 1.807) is 6.92 Å². The van der Waals surface area contributed by atoms with Crippen LogP contribution in [0.15, 0.2) is 12.2 Å². The van der Waals surface area contributed by atoms with E-state index in [4.69, 9.17) is 4.74 Å². The minimum Gasteiger partial charge on any atom is -0.364 e. The molecule has 0 spiro atoms. The maximum atomic E-state index is 11.8. The van der Waals surface area contributed by atoms with Crippen LogP contribution in [0.3, 0.4) is 0 Å². The average molecular weight is 226 g/mol. The third-order valence-corrected chi connectivity index (χ3v) is 3.23. The van der Waals surface area contributed by atoms with E-state index >= 15 is 0 Å². The van der Waals surface area contributed by atoms with Crippen LogP contribution in [0, 0.1) is 5.92 Å². The molecule has 0 bridgehead atoms. The predicted molar refractivity (Wildman–Crippen MR) is 62.9 cm³/mol. The molecule has 1 fully saturated rings. The zero-order chi connectivity index (χ0) is 12.3. The molecule has 0 aromatic carbocycles. The summed E-state index contributed by atoms with van der Waals surface area (Å²) in [6.45, 7) is 9.09. The minimum atomic E-state index is -0.982. The number of ether oxygens (including phenoxy) is 1. The van der Waals surface area contributed by atoms with Crippen LogP contribution in [0.2, 0.25) is 0 Å². The molecule has 3 nitrogen and oxygen atoms in total. The Balaban J connectivity index is 2.67. The Morgan fingerprint density at radius 3 is 2.69 bits per heavy atom. The molecule has 0 aromatic heterocycles. The fourth-order valence-corrected chi connectivity index (χ4v) is 2.19. The van der Waals surface area contributed by atoms with Crippen LogP contribution in [-0.2, 0) is 9.53 Å². The summed E-state index contributed by atoms with van der Waals surface area (Å²) in [6, 6.07) is 0. The Bertz CT molecular complexity index is 281. The molecule has 0 amide bonds. The van der Waals surface area contributed by atoms with Crippen LogP contribution in [0.4, 0.5) is 0 Å². The summed E-state index contributed by atoms with van der Waals surface area (Å²) >= 11 is 0. The lowest BCUT2D eigenvalue weighted by Gasteiger charge is -2.37. The summed E-state index contributed by atoms with van der Waals surface area (Å²) in [5.74, 6) is 0.153. The summed E-state index contributed by atoms with van der Waals surface area (Å²) in [5.41, 5.74) is -0.0492. The maximum absolute atomic E-state index is 11.8. The van der Waals surface area contributed by atoms with Crippen LogP contribution < -0.4 is 0 Å². The van der Waals surface area contributed by atoms with Crippen LogP contribution in [0.25, 0.3) is 0 Å². The average Bonchev–Trinajstić information content (AvgIpc) is 2.17. The van der Waals surface area contributed by atoms with Gasteiger partial charge in [-0.15, -0.1) is 0 Å². The third-order valence-electron chi connectivity index (χ3n) is 3.23. The summed E-state index contributed by atoms with van der Waals surface area (Å²) in [5, 5.41) is 9.65. The first-order valence-electron chi connectivity index (χ1n) is 5.88. The van der Waals surface area contributed by atoms with Crippen molar-refractivity contribution in [1.82, 2.24) is 0 Å². The molecule has 92 valence electrons. The van der Waals surface area contributed by atoms with Crippen molar-refractivity contribution in [2.24, 2.45) is 5.92 Å². The molecular weight excluding hydrogens is 204 g/mol. The number of aliphatic hydroxyl groups excluding tert-OH is 1. The molecule has 1 N–H and O–H groups in total. The van der Waals surface area contributed by atoms with Crippen molar-refractivity contribution in [2.75, 3.05) is 0 Å². The van der Waals surface area contributed by atoms with Crippen LogP contribution in [0.5, 0.6) is 0 Å². The van der Waals surface area contributed by atoms with Gasteiger partial charge in [0, 0.05) is 12.3 Å². The Kier molecular flexibility index (Phi) is 4.28. The quantitative estimate of drug-likeness (QED) is 0.591. The highest BCUT2D eigenvalue weighted by molar-refractivity contribution is 5.82. The van der Waals surface area contributed by atoms with Gasteiger partial charge >= 0.3 is 0 Å². The molecule has 1 rings (SSSR count). The zero-order valence-corrected chi connectivity index (χ0v) is 10.5. The van der Waals surface area contributed by atoms with E-state index in [0.717, 1.165) is 19.3 Å². The van der Waals surface area contributed by atoms with Crippen molar-refractivity contribution in [1.29, 1.82) is 0 Å². The molecular formula is C13H22O3. The largest absolute Gasteiger partial charge is 0.364 e. The highest BCUT2D eigenvalue weighted by Crippen LogP contribution is 2.33. The lowest BCUT2D eigenvalue weighted by atomic mass is 9.77. The smallest absolute Gasteiger partial charge is 0.177 e. The van der Waals surface area contributed by atoms with E-state index in [1.807, 2.05) is 13.8 Å². The topological polar surface area (TPSA) is 46.5 Å². The third kappa shape index (κ3) is 3.16. The van der Waals surface area contributed by atoms with Gasteiger partial charge in [0.25, 0.3) is 0 Å². The SMILES string of the molecule is C=C(C)C(O)OC(C)(C)C1CCCCC1=O. The van der Waals surface area contributed by atoms with Crippen molar-refractivity contribution in [3.05, 3.63) is 12.2 Å². The number of hydrogen-bond acceptors (Lipinski definition) is 3.